The summed E-state index contributed by atoms with van der Waals surface area (Å²) in [7, 11) is -2.69. The van der Waals surface area contributed by atoms with Crippen molar-refractivity contribution in [1.82, 2.24) is 15.0 Å². The molecule has 5 atom stereocenters. The van der Waals surface area contributed by atoms with Crippen LogP contribution in [0.15, 0.2) is 54.7 Å². The SMILES string of the molecule is C[C@H]1[C@H]([Si](C)(C)O)[C@@H](CCn2cc(C(CO)c3ccccc3)nn2)O[C@]12C(=O)Nc1ccc(I)cc12. The summed E-state index contributed by atoms with van der Waals surface area (Å²) < 4.78 is 9.47. The number of nitrogens with one attached hydrogen (secondary N) is 1. The number of aryl methyl sites for hydroxylation is 1. The number of fused-ring (bicyclic) bond motifs is 2. The van der Waals surface area contributed by atoms with E-state index in [-0.39, 0.29) is 36.0 Å². The van der Waals surface area contributed by atoms with E-state index in [1.807, 2.05) is 74.7 Å². The number of amides is 1. The molecule has 0 aliphatic carbocycles. The molecule has 0 saturated carbocycles. The molecule has 1 unspecified atom stereocenters. The molecule has 1 amide bonds. The van der Waals surface area contributed by atoms with Crippen molar-refractivity contribution in [1.29, 1.82) is 0 Å². The predicted octanol–water partition coefficient (Wildman–Crippen LogP) is 3.85. The molecule has 10 heteroatoms. The average molecular weight is 619 g/mol. The van der Waals surface area contributed by atoms with Crippen LogP contribution in [0.3, 0.4) is 0 Å². The number of aliphatic hydroxyl groups is 1. The molecule has 2 aliphatic heterocycles. The molecule has 0 radical (unpaired) electrons. The zero-order valence-corrected chi connectivity index (χ0v) is 23.7. The minimum absolute atomic E-state index is 0.0613. The number of carbonyl (C=O) groups is 1. The second-order valence-electron chi connectivity index (χ2n) is 10.3. The van der Waals surface area contributed by atoms with Crippen LogP contribution in [0, 0.1) is 9.49 Å². The second kappa shape index (κ2) is 9.64. The summed E-state index contributed by atoms with van der Waals surface area (Å²) in [5.74, 6) is -0.588. The molecule has 36 heavy (non-hydrogen) atoms. The lowest BCUT2D eigenvalue weighted by atomic mass is 9.82. The molecule has 1 spiro atoms. The largest absolute Gasteiger partial charge is 0.432 e. The van der Waals surface area contributed by atoms with Gasteiger partial charge in [0.05, 0.1) is 24.3 Å². The molecule has 1 saturated heterocycles. The Bertz CT molecular complexity index is 1260. The van der Waals surface area contributed by atoms with Crippen LogP contribution in [-0.2, 0) is 21.7 Å². The molecule has 3 aromatic rings. The van der Waals surface area contributed by atoms with Crippen molar-refractivity contribution < 1.29 is 19.4 Å². The van der Waals surface area contributed by atoms with Gasteiger partial charge in [-0.25, -0.2) is 0 Å². The molecular weight excluding hydrogens is 587 g/mol. The van der Waals surface area contributed by atoms with Gasteiger partial charge in [0.1, 0.15) is 0 Å². The highest BCUT2D eigenvalue weighted by molar-refractivity contribution is 14.1. The first-order valence-electron chi connectivity index (χ1n) is 12.2. The van der Waals surface area contributed by atoms with Gasteiger partial charge in [0.2, 0.25) is 0 Å². The van der Waals surface area contributed by atoms with Gasteiger partial charge in [0.15, 0.2) is 13.9 Å². The van der Waals surface area contributed by atoms with E-state index in [4.69, 9.17) is 4.74 Å². The molecule has 0 bridgehead atoms. The van der Waals surface area contributed by atoms with E-state index in [2.05, 4.69) is 38.2 Å². The van der Waals surface area contributed by atoms with Crippen molar-refractivity contribution in [2.75, 3.05) is 11.9 Å². The number of nitrogens with zero attached hydrogens (tertiary/aromatic N) is 3. The van der Waals surface area contributed by atoms with Gasteiger partial charge in [-0.15, -0.1) is 5.10 Å². The van der Waals surface area contributed by atoms with E-state index < -0.39 is 13.9 Å². The first-order valence-corrected chi connectivity index (χ1v) is 16.3. The number of ether oxygens (including phenoxy) is 1. The third kappa shape index (κ3) is 4.32. The van der Waals surface area contributed by atoms with Gasteiger partial charge < -0.3 is 20.0 Å². The van der Waals surface area contributed by atoms with Crippen molar-refractivity contribution in [3.05, 3.63) is 75.1 Å². The number of aliphatic hydroxyl groups excluding tert-OH is 1. The zero-order valence-electron chi connectivity index (χ0n) is 20.6. The van der Waals surface area contributed by atoms with Gasteiger partial charge >= 0.3 is 0 Å². The van der Waals surface area contributed by atoms with Crippen molar-refractivity contribution in [2.45, 2.75) is 56.1 Å². The smallest absolute Gasteiger partial charge is 0.261 e. The number of rotatable bonds is 7. The predicted molar refractivity (Wildman–Crippen MR) is 147 cm³/mol. The van der Waals surface area contributed by atoms with Gasteiger partial charge in [-0.3, -0.25) is 9.48 Å². The zero-order chi connectivity index (χ0) is 25.7. The summed E-state index contributed by atoms with van der Waals surface area (Å²) in [6.07, 6.45) is 2.13. The van der Waals surface area contributed by atoms with Gasteiger partial charge in [-0.05, 0) is 65.9 Å². The minimum atomic E-state index is -2.69. The molecule has 2 aliphatic rings. The maximum atomic E-state index is 13.4. The van der Waals surface area contributed by atoms with Crippen LogP contribution >= 0.6 is 22.6 Å². The minimum Gasteiger partial charge on any atom is -0.432 e. The maximum absolute atomic E-state index is 13.4. The van der Waals surface area contributed by atoms with E-state index in [9.17, 15) is 14.7 Å². The van der Waals surface area contributed by atoms with Crippen molar-refractivity contribution in [3.63, 3.8) is 0 Å². The summed E-state index contributed by atoms with van der Waals surface area (Å²) >= 11 is 2.25. The fourth-order valence-corrected chi connectivity index (χ4v) is 9.13. The quantitative estimate of drug-likeness (QED) is 0.274. The van der Waals surface area contributed by atoms with Crippen LogP contribution < -0.4 is 5.32 Å². The summed E-state index contributed by atoms with van der Waals surface area (Å²) in [6, 6.07) is 15.7. The van der Waals surface area contributed by atoms with Crippen molar-refractivity contribution >= 4 is 42.5 Å². The van der Waals surface area contributed by atoms with Crippen molar-refractivity contribution in [3.8, 4) is 0 Å². The van der Waals surface area contributed by atoms with Crippen LogP contribution in [0.1, 0.15) is 36.1 Å². The third-order valence-electron chi connectivity index (χ3n) is 7.64. The van der Waals surface area contributed by atoms with E-state index >= 15 is 0 Å². The molecule has 1 fully saturated rings. The van der Waals surface area contributed by atoms with Gasteiger partial charge in [-0.2, -0.15) is 0 Å². The lowest BCUT2D eigenvalue weighted by Gasteiger charge is -2.32. The molecule has 1 aromatic heterocycles. The monoisotopic (exact) mass is 618 g/mol. The molecule has 2 aromatic carbocycles. The average Bonchev–Trinajstić information content (AvgIpc) is 3.50. The Labute approximate surface area is 225 Å². The van der Waals surface area contributed by atoms with Gasteiger partial charge in [0, 0.05) is 39.0 Å². The lowest BCUT2D eigenvalue weighted by Crippen LogP contribution is -2.43. The lowest BCUT2D eigenvalue weighted by molar-refractivity contribution is -0.143. The summed E-state index contributed by atoms with van der Waals surface area (Å²) in [4.78, 5) is 24.6. The number of halogens is 1. The first-order chi connectivity index (χ1) is 17.1. The topological polar surface area (TPSA) is 110 Å². The Morgan fingerprint density at radius 2 is 2.00 bits per heavy atom. The van der Waals surface area contributed by atoms with Crippen LogP contribution in [0.5, 0.6) is 0 Å². The van der Waals surface area contributed by atoms with Crippen LogP contribution in [0.2, 0.25) is 18.6 Å². The molecule has 8 nitrogen and oxygen atoms in total. The van der Waals surface area contributed by atoms with E-state index in [0.29, 0.717) is 18.7 Å². The number of anilines is 1. The number of benzene rings is 2. The fraction of sp³-hybridized carbons (Fsp3) is 0.423. The number of hydrogen-bond donors (Lipinski definition) is 3. The Morgan fingerprint density at radius 3 is 2.69 bits per heavy atom. The number of hydrogen-bond acceptors (Lipinski definition) is 6. The maximum Gasteiger partial charge on any atom is 0.261 e. The summed E-state index contributed by atoms with van der Waals surface area (Å²) in [5, 5.41) is 21.6. The Hall–Kier alpha value is -2.12. The Balaban J connectivity index is 1.40. The Kier molecular flexibility index (Phi) is 6.83. The highest BCUT2D eigenvalue weighted by Gasteiger charge is 2.64. The summed E-state index contributed by atoms with van der Waals surface area (Å²) in [5.41, 5.74) is 2.07. The van der Waals surface area contributed by atoms with Crippen molar-refractivity contribution in [2.24, 2.45) is 5.92 Å². The number of carbonyl (C=O) groups excluding carboxylic acids is 1. The highest BCUT2D eigenvalue weighted by atomic mass is 127. The standard InChI is InChI=1S/C26H31IN4O4Si/c1-16-24(36(2,3)34)23(35-26(16)20-13-18(27)9-10-21(20)28-25(26)33)11-12-31-14-22(29-30-31)19(15-32)17-7-5-4-6-8-17/h4-10,13-14,16,19,23-24,32,34H,11-12,15H2,1-3H3,(H,28,33)/t16-,19?,23+,24-,26+/m0/s1. The first kappa shape index (κ1) is 25.5. The normalized spacial score (nSPS) is 26.3. The second-order valence-corrected chi connectivity index (χ2v) is 15.6. The molecule has 5 rings (SSSR count). The highest BCUT2D eigenvalue weighted by Crippen LogP contribution is 2.58. The molecular formula is C26H31IN4O4Si. The molecule has 3 N–H and O–H groups in total. The summed E-state index contributed by atoms with van der Waals surface area (Å²) in [6.45, 7) is 6.34. The molecule has 3 heterocycles. The van der Waals surface area contributed by atoms with Gasteiger partial charge in [-0.1, -0.05) is 42.5 Å². The van der Waals surface area contributed by atoms with E-state index in [1.54, 1.807) is 4.68 Å². The van der Waals surface area contributed by atoms with Gasteiger partial charge in [0.25, 0.3) is 5.91 Å². The Morgan fingerprint density at radius 1 is 1.25 bits per heavy atom. The van der Waals surface area contributed by atoms with E-state index in [0.717, 1.165) is 20.4 Å². The number of aromatic nitrogens is 3. The van der Waals surface area contributed by atoms with Crippen LogP contribution in [-0.4, -0.2) is 51.8 Å². The van der Waals surface area contributed by atoms with Crippen LogP contribution in [0.25, 0.3) is 0 Å². The molecule has 190 valence electrons. The van der Waals surface area contributed by atoms with E-state index in [1.165, 1.54) is 0 Å². The third-order valence-corrected chi connectivity index (χ3v) is 10.8. The van der Waals surface area contributed by atoms with Crippen LogP contribution in [0.4, 0.5) is 5.69 Å². The fourth-order valence-electron chi connectivity index (χ4n) is 6.04.